The molecule has 0 rings (SSSR count). The number of carbonyl (C=O) groups is 3. The highest BCUT2D eigenvalue weighted by atomic mass is 16.5. The average Bonchev–Trinajstić information content (AvgIpc) is 2.11. The smallest absolute Gasteiger partial charge is 0.321 e. The van der Waals surface area contributed by atoms with Gasteiger partial charge in [0.15, 0.2) is 0 Å². The summed E-state index contributed by atoms with van der Waals surface area (Å²) in [5.74, 6) is -3.64. The fourth-order valence-corrected chi connectivity index (χ4v) is 0.775. The summed E-state index contributed by atoms with van der Waals surface area (Å²) in [5.41, 5.74) is 6.34. The van der Waals surface area contributed by atoms with Crippen molar-refractivity contribution in [3.63, 3.8) is 0 Å². The Morgan fingerprint density at radius 2 is 2.08 bits per heavy atom. The number of aldehydes is 1. The van der Waals surface area contributed by atoms with Gasteiger partial charge in [0.05, 0.1) is 5.92 Å². The van der Waals surface area contributed by atoms with Crippen LogP contribution in [0, 0.1) is 5.92 Å². The molecule has 0 aromatic carbocycles. The van der Waals surface area contributed by atoms with E-state index in [0.717, 1.165) is 0 Å². The number of amides is 1. The van der Waals surface area contributed by atoms with Crippen LogP contribution in [-0.4, -0.2) is 34.5 Å². The molecule has 74 valence electrons. The number of nitrogens with one attached hydrogen (secondary N) is 1. The Morgan fingerprint density at radius 1 is 1.54 bits per heavy atom. The van der Waals surface area contributed by atoms with Crippen molar-refractivity contribution in [2.24, 2.45) is 11.7 Å². The van der Waals surface area contributed by atoms with Gasteiger partial charge in [-0.3, -0.25) is 14.8 Å². The average molecular weight is 190 g/mol. The lowest BCUT2D eigenvalue weighted by molar-refractivity contribution is -0.145. The van der Waals surface area contributed by atoms with Gasteiger partial charge in [-0.1, -0.05) is 0 Å². The Kier molecular flexibility index (Phi) is 4.63. The number of carboxylic acids is 1. The van der Waals surface area contributed by atoms with E-state index in [2.05, 4.69) is 0 Å². The van der Waals surface area contributed by atoms with Crippen molar-refractivity contribution in [2.75, 3.05) is 0 Å². The van der Waals surface area contributed by atoms with Gasteiger partial charge in [0.1, 0.15) is 12.3 Å². The van der Waals surface area contributed by atoms with Crippen molar-refractivity contribution in [3.8, 4) is 0 Å². The van der Waals surface area contributed by atoms with Gasteiger partial charge in [-0.15, -0.1) is 0 Å². The topological polar surface area (TPSA) is 130 Å². The molecule has 0 aromatic rings. The Morgan fingerprint density at radius 3 is 2.38 bits per heavy atom. The minimum atomic E-state index is -1.50. The van der Waals surface area contributed by atoms with Gasteiger partial charge < -0.3 is 15.6 Å². The number of hydroxylamine groups is 1. The SMILES string of the molecule is NC(C(=O)O)C(CC=O)C(=O)NO. The van der Waals surface area contributed by atoms with Crippen LogP contribution in [0.25, 0.3) is 0 Å². The Bertz CT molecular complexity index is 217. The largest absolute Gasteiger partial charge is 0.480 e. The highest BCUT2D eigenvalue weighted by Crippen LogP contribution is 2.05. The number of rotatable bonds is 5. The van der Waals surface area contributed by atoms with Gasteiger partial charge in [-0.25, -0.2) is 5.48 Å². The first-order valence-corrected chi connectivity index (χ1v) is 3.40. The van der Waals surface area contributed by atoms with Crippen LogP contribution in [0.2, 0.25) is 0 Å². The second-order valence-electron chi connectivity index (χ2n) is 2.35. The van der Waals surface area contributed by atoms with E-state index < -0.39 is 23.8 Å². The molecule has 0 saturated heterocycles. The minimum absolute atomic E-state index is 0.347. The maximum absolute atomic E-state index is 10.8. The molecule has 7 nitrogen and oxygen atoms in total. The third-order valence-corrected chi connectivity index (χ3v) is 1.52. The van der Waals surface area contributed by atoms with E-state index in [1.165, 1.54) is 5.48 Å². The molecule has 0 spiro atoms. The summed E-state index contributed by atoms with van der Waals surface area (Å²) in [6, 6.07) is -1.50. The minimum Gasteiger partial charge on any atom is -0.480 e. The number of aliphatic carboxylic acids is 1. The van der Waals surface area contributed by atoms with E-state index in [1.807, 2.05) is 0 Å². The van der Waals surface area contributed by atoms with Gasteiger partial charge in [-0.05, 0) is 0 Å². The fourth-order valence-electron chi connectivity index (χ4n) is 0.775. The third kappa shape index (κ3) is 3.18. The fraction of sp³-hybridized carbons (Fsp3) is 0.500. The molecule has 1 amide bonds. The molecular formula is C6H10N2O5. The maximum atomic E-state index is 10.8. The first-order valence-electron chi connectivity index (χ1n) is 3.40. The molecule has 0 radical (unpaired) electrons. The molecule has 0 aliphatic rings. The van der Waals surface area contributed by atoms with E-state index >= 15 is 0 Å². The van der Waals surface area contributed by atoms with Crippen molar-refractivity contribution < 1.29 is 24.7 Å². The predicted octanol–water partition coefficient (Wildman–Crippen LogP) is -1.89. The summed E-state index contributed by atoms with van der Waals surface area (Å²) < 4.78 is 0. The number of hydrogen-bond acceptors (Lipinski definition) is 5. The van der Waals surface area contributed by atoms with Crippen molar-refractivity contribution in [1.29, 1.82) is 0 Å². The number of hydrogen-bond donors (Lipinski definition) is 4. The lowest BCUT2D eigenvalue weighted by Crippen LogP contribution is -2.45. The first kappa shape index (κ1) is 11.5. The van der Waals surface area contributed by atoms with Crippen molar-refractivity contribution in [2.45, 2.75) is 12.5 Å². The quantitative estimate of drug-likeness (QED) is 0.228. The molecule has 2 atom stereocenters. The van der Waals surface area contributed by atoms with E-state index in [0.29, 0.717) is 6.29 Å². The first-order chi connectivity index (χ1) is 6.04. The zero-order chi connectivity index (χ0) is 10.4. The molecule has 0 fully saturated rings. The van der Waals surface area contributed by atoms with Crippen LogP contribution in [0.4, 0.5) is 0 Å². The molecule has 5 N–H and O–H groups in total. The summed E-state index contributed by atoms with van der Waals surface area (Å²) in [7, 11) is 0. The predicted molar refractivity (Wildman–Crippen MR) is 39.7 cm³/mol. The van der Waals surface area contributed by atoms with Crippen LogP contribution in [0.1, 0.15) is 6.42 Å². The van der Waals surface area contributed by atoms with Crippen LogP contribution in [0.3, 0.4) is 0 Å². The second-order valence-corrected chi connectivity index (χ2v) is 2.35. The van der Waals surface area contributed by atoms with Gasteiger partial charge in [-0.2, -0.15) is 0 Å². The molecule has 13 heavy (non-hydrogen) atoms. The maximum Gasteiger partial charge on any atom is 0.321 e. The highest BCUT2D eigenvalue weighted by molar-refractivity contribution is 5.87. The van der Waals surface area contributed by atoms with E-state index in [-0.39, 0.29) is 6.42 Å². The van der Waals surface area contributed by atoms with Crippen LogP contribution in [0.15, 0.2) is 0 Å². The Balaban J connectivity index is 4.48. The summed E-state index contributed by atoms with van der Waals surface area (Å²) in [4.78, 5) is 31.2. The normalized spacial score (nSPS) is 14.3. The summed E-state index contributed by atoms with van der Waals surface area (Å²) in [6.07, 6.45) is 0.0164. The van der Waals surface area contributed by atoms with E-state index in [4.69, 9.17) is 16.0 Å². The van der Waals surface area contributed by atoms with Crippen LogP contribution in [-0.2, 0) is 14.4 Å². The molecule has 0 heterocycles. The van der Waals surface area contributed by atoms with Gasteiger partial charge >= 0.3 is 5.97 Å². The molecule has 7 heteroatoms. The molecule has 0 bridgehead atoms. The van der Waals surface area contributed by atoms with E-state index in [9.17, 15) is 14.4 Å². The Labute approximate surface area is 73.5 Å². The summed E-state index contributed by atoms with van der Waals surface area (Å²) in [6.45, 7) is 0. The monoisotopic (exact) mass is 190 g/mol. The number of carbonyl (C=O) groups excluding carboxylic acids is 2. The molecule has 0 saturated carbocycles. The molecule has 0 aliphatic carbocycles. The summed E-state index contributed by atoms with van der Waals surface area (Å²) >= 11 is 0. The molecule has 0 aliphatic heterocycles. The lowest BCUT2D eigenvalue weighted by atomic mass is 9.97. The number of carboxylic acid groups (broad SMARTS) is 1. The third-order valence-electron chi connectivity index (χ3n) is 1.52. The Hall–Kier alpha value is -1.47. The van der Waals surface area contributed by atoms with Gasteiger partial charge in [0.2, 0.25) is 5.91 Å². The van der Waals surface area contributed by atoms with E-state index in [1.54, 1.807) is 0 Å². The van der Waals surface area contributed by atoms with Gasteiger partial charge in [0.25, 0.3) is 0 Å². The highest BCUT2D eigenvalue weighted by Gasteiger charge is 2.29. The molecular weight excluding hydrogens is 180 g/mol. The van der Waals surface area contributed by atoms with Crippen LogP contribution in [0.5, 0.6) is 0 Å². The van der Waals surface area contributed by atoms with Crippen molar-refractivity contribution in [1.82, 2.24) is 5.48 Å². The standard InChI is InChI=1S/C6H10N2O5/c7-4(6(11)12)3(1-2-9)5(10)8-13/h2-4,13H,1,7H2,(H,8,10)(H,11,12). The van der Waals surface area contributed by atoms with Crippen LogP contribution >= 0.6 is 0 Å². The zero-order valence-electron chi connectivity index (χ0n) is 6.64. The van der Waals surface area contributed by atoms with Crippen LogP contribution < -0.4 is 11.2 Å². The molecule has 0 aromatic heterocycles. The zero-order valence-corrected chi connectivity index (χ0v) is 6.64. The summed E-state index contributed by atoms with van der Waals surface area (Å²) in [5, 5.41) is 16.6. The second kappa shape index (κ2) is 5.22. The van der Waals surface area contributed by atoms with Crippen molar-refractivity contribution >= 4 is 18.2 Å². The molecule has 2 unspecified atom stereocenters. The van der Waals surface area contributed by atoms with Crippen molar-refractivity contribution in [3.05, 3.63) is 0 Å². The van der Waals surface area contributed by atoms with Gasteiger partial charge in [0, 0.05) is 6.42 Å². The lowest BCUT2D eigenvalue weighted by Gasteiger charge is -2.15. The number of nitrogens with two attached hydrogens (primary N) is 1.